The van der Waals surface area contributed by atoms with E-state index in [2.05, 4.69) is 4.98 Å². The summed E-state index contributed by atoms with van der Waals surface area (Å²) in [6.07, 6.45) is 5.01. The van der Waals surface area contributed by atoms with Crippen molar-refractivity contribution in [3.05, 3.63) is 26.9 Å². The molecule has 0 saturated carbocycles. The number of fused-ring (bicyclic) bond motifs is 1. The fourth-order valence-corrected chi connectivity index (χ4v) is 4.37. The molecule has 0 unspecified atom stereocenters. The second kappa shape index (κ2) is 6.15. The molecule has 0 saturated heterocycles. The Morgan fingerprint density at radius 2 is 2.24 bits per heavy atom. The maximum Gasteiger partial charge on any atom is 0.233 e. The van der Waals surface area contributed by atoms with Gasteiger partial charge in [0.1, 0.15) is 5.75 Å². The molecule has 0 spiro atoms. The van der Waals surface area contributed by atoms with Gasteiger partial charge in [0.25, 0.3) is 0 Å². The van der Waals surface area contributed by atoms with E-state index in [4.69, 9.17) is 4.74 Å². The number of thiazole rings is 1. The molecule has 2 aromatic heterocycles. The summed E-state index contributed by atoms with van der Waals surface area (Å²) in [4.78, 5) is 21.1. The molecule has 0 aliphatic heterocycles. The first kappa shape index (κ1) is 14.5. The van der Waals surface area contributed by atoms with E-state index in [1.165, 1.54) is 23.4 Å². The van der Waals surface area contributed by atoms with Gasteiger partial charge in [0.05, 0.1) is 19.2 Å². The van der Waals surface area contributed by atoms with Crippen molar-refractivity contribution in [2.45, 2.75) is 32.1 Å². The van der Waals surface area contributed by atoms with Crippen molar-refractivity contribution < 1.29 is 9.53 Å². The first-order valence-corrected chi connectivity index (χ1v) is 8.73. The van der Waals surface area contributed by atoms with Gasteiger partial charge in [-0.3, -0.25) is 9.69 Å². The normalized spacial score (nSPS) is 13.8. The molecule has 6 heteroatoms. The minimum Gasteiger partial charge on any atom is -0.496 e. The van der Waals surface area contributed by atoms with Crippen molar-refractivity contribution >= 4 is 33.7 Å². The number of ether oxygens (including phenoxy) is 1. The van der Waals surface area contributed by atoms with Crippen LogP contribution in [0.5, 0.6) is 5.75 Å². The number of hydrogen-bond acceptors (Lipinski definition) is 5. The second-order valence-electron chi connectivity index (χ2n) is 5.16. The molecule has 0 N–H and O–H groups in total. The minimum absolute atomic E-state index is 0.0746. The summed E-state index contributed by atoms with van der Waals surface area (Å²) in [6.45, 7) is 0. The lowest BCUT2D eigenvalue weighted by Gasteiger charge is -2.12. The van der Waals surface area contributed by atoms with Gasteiger partial charge in [-0.05, 0) is 31.7 Å². The highest BCUT2D eigenvalue weighted by atomic mass is 32.1. The van der Waals surface area contributed by atoms with Crippen molar-refractivity contribution in [2.75, 3.05) is 19.1 Å². The molecular formula is C15H18N2O2S2. The summed E-state index contributed by atoms with van der Waals surface area (Å²) >= 11 is 3.22. The van der Waals surface area contributed by atoms with Crippen LogP contribution in [-0.2, 0) is 24.1 Å². The van der Waals surface area contributed by atoms with Crippen LogP contribution in [0.2, 0.25) is 0 Å². The van der Waals surface area contributed by atoms with Gasteiger partial charge in [0.15, 0.2) is 5.13 Å². The molecule has 0 bridgehead atoms. The van der Waals surface area contributed by atoms with Crippen LogP contribution < -0.4 is 9.64 Å². The molecule has 0 fully saturated rings. The summed E-state index contributed by atoms with van der Waals surface area (Å²) in [5.74, 6) is 0.890. The zero-order valence-corrected chi connectivity index (χ0v) is 13.9. The summed E-state index contributed by atoms with van der Waals surface area (Å²) < 4.78 is 5.15. The van der Waals surface area contributed by atoms with Gasteiger partial charge in [-0.1, -0.05) is 0 Å². The lowest BCUT2D eigenvalue weighted by Crippen LogP contribution is -2.27. The fraction of sp³-hybridized carbons (Fsp3) is 0.467. The highest BCUT2D eigenvalue weighted by Gasteiger charge is 2.20. The second-order valence-corrected chi connectivity index (χ2v) is 7.21. The van der Waals surface area contributed by atoms with Crippen LogP contribution in [0.25, 0.3) is 0 Å². The van der Waals surface area contributed by atoms with E-state index < -0.39 is 0 Å². The smallest absolute Gasteiger partial charge is 0.233 e. The summed E-state index contributed by atoms with van der Waals surface area (Å²) in [5, 5.41) is 2.75. The van der Waals surface area contributed by atoms with Crippen molar-refractivity contribution in [1.82, 2.24) is 4.98 Å². The molecule has 0 radical (unpaired) electrons. The van der Waals surface area contributed by atoms with E-state index in [-0.39, 0.29) is 5.91 Å². The number of methoxy groups -OCH3 is 1. The lowest BCUT2D eigenvalue weighted by atomic mass is 10.0. The third-order valence-corrected chi connectivity index (χ3v) is 5.84. The number of carbonyl (C=O) groups excluding carboxylic acids is 1. The molecule has 2 aromatic rings. The number of likely N-dealkylation sites (N-methyl/N-ethyl adjacent to an activating group) is 1. The maximum absolute atomic E-state index is 12.4. The Morgan fingerprint density at radius 3 is 2.95 bits per heavy atom. The number of amides is 1. The largest absolute Gasteiger partial charge is 0.496 e. The van der Waals surface area contributed by atoms with Gasteiger partial charge >= 0.3 is 0 Å². The zero-order chi connectivity index (χ0) is 14.8. The molecule has 1 amide bonds. The molecule has 1 aliphatic rings. The zero-order valence-electron chi connectivity index (χ0n) is 12.2. The van der Waals surface area contributed by atoms with Crippen LogP contribution in [0.4, 0.5) is 5.13 Å². The van der Waals surface area contributed by atoms with Crippen molar-refractivity contribution in [1.29, 1.82) is 0 Å². The Labute approximate surface area is 132 Å². The van der Waals surface area contributed by atoms with E-state index in [1.54, 1.807) is 34.7 Å². The van der Waals surface area contributed by atoms with Crippen molar-refractivity contribution in [3.8, 4) is 5.75 Å². The van der Waals surface area contributed by atoms with Crippen molar-refractivity contribution in [2.24, 2.45) is 0 Å². The molecule has 0 atom stereocenters. The number of carbonyl (C=O) groups is 1. The highest BCUT2D eigenvalue weighted by Crippen LogP contribution is 2.31. The lowest BCUT2D eigenvalue weighted by molar-refractivity contribution is -0.117. The fourth-order valence-electron chi connectivity index (χ4n) is 2.42. The molecular weight excluding hydrogens is 304 g/mol. The van der Waals surface area contributed by atoms with Crippen LogP contribution in [0.1, 0.15) is 28.3 Å². The van der Waals surface area contributed by atoms with E-state index in [9.17, 15) is 4.79 Å². The highest BCUT2D eigenvalue weighted by molar-refractivity contribution is 7.16. The number of aromatic nitrogens is 1. The standard InChI is InChI=1S/C15H18N2O2S2/c1-17(14(18)8-11-7-10(19-2)9-20-11)15-16-12-5-3-4-6-13(12)21-15/h7,9H,3-6,8H2,1-2H3. The van der Waals surface area contributed by atoms with Gasteiger partial charge < -0.3 is 4.74 Å². The van der Waals surface area contributed by atoms with Gasteiger partial charge in [-0.25, -0.2) is 4.98 Å². The van der Waals surface area contributed by atoms with Crippen LogP contribution in [0.15, 0.2) is 11.4 Å². The Morgan fingerprint density at radius 1 is 1.43 bits per heavy atom. The predicted octanol–water partition coefficient (Wildman–Crippen LogP) is 3.30. The van der Waals surface area contributed by atoms with E-state index in [1.807, 2.05) is 18.5 Å². The van der Waals surface area contributed by atoms with Gasteiger partial charge in [0.2, 0.25) is 5.91 Å². The number of rotatable bonds is 4. The molecule has 1 aliphatic carbocycles. The van der Waals surface area contributed by atoms with Crippen LogP contribution >= 0.6 is 22.7 Å². The SMILES string of the molecule is COc1csc(CC(=O)N(C)c2nc3c(s2)CCCC3)c1. The van der Waals surface area contributed by atoms with Crippen LogP contribution in [0.3, 0.4) is 0 Å². The van der Waals surface area contributed by atoms with Crippen LogP contribution in [-0.4, -0.2) is 25.0 Å². The quantitative estimate of drug-likeness (QED) is 0.867. The molecule has 112 valence electrons. The predicted molar refractivity (Wildman–Crippen MR) is 86.7 cm³/mol. The van der Waals surface area contributed by atoms with Gasteiger partial charge in [-0.2, -0.15) is 0 Å². The van der Waals surface area contributed by atoms with E-state index >= 15 is 0 Å². The molecule has 4 nitrogen and oxygen atoms in total. The Kier molecular flexibility index (Phi) is 4.26. The average molecular weight is 322 g/mol. The number of aryl methyl sites for hydroxylation is 2. The summed E-state index contributed by atoms with van der Waals surface area (Å²) in [5.41, 5.74) is 1.19. The maximum atomic E-state index is 12.4. The number of thiophene rings is 1. The van der Waals surface area contributed by atoms with Gasteiger partial charge in [0, 0.05) is 22.2 Å². The Balaban J connectivity index is 1.70. The summed E-state index contributed by atoms with van der Waals surface area (Å²) in [6, 6.07) is 1.92. The third-order valence-electron chi connectivity index (χ3n) is 3.69. The first-order chi connectivity index (χ1) is 10.2. The average Bonchev–Trinajstić information content (AvgIpc) is 3.12. The first-order valence-electron chi connectivity index (χ1n) is 7.04. The summed E-state index contributed by atoms with van der Waals surface area (Å²) in [7, 11) is 3.46. The van der Waals surface area contributed by atoms with Crippen molar-refractivity contribution in [3.63, 3.8) is 0 Å². The molecule has 2 heterocycles. The minimum atomic E-state index is 0.0746. The number of nitrogens with zero attached hydrogens (tertiary/aromatic N) is 2. The monoisotopic (exact) mass is 322 g/mol. The Hall–Kier alpha value is -1.40. The molecule has 3 rings (SSSR count). The van der Waals surface area contributed by atoms with E-state index in [0.717, 1.165) is 28.6 Å². The number of hydrogen-bond donors (Lipinski definition) is 0. The number of anilines is 1. The van der Waals surface area contributed by atoms with Gasteiger partial charge in [-0.15, -0.1) is 22.7 Å². The third kappa shape index (κ3) is 3.11. The van der Waals surface area contributed by atoms with Crippen LogP contribution in [0, 0.1) is 0 Å². The van der Waals surface area contributed by atoms with E-state index in [0.29, 0.717) is 6.42 Å². The molecule has 0 aromatic carbocycles. The molecule has 21 heavy (non-hydrogen) atoms. The Bertz CT molecular complexity index is 624. The topological polar surface area (TPSA) is 42.4 Å².